The minimum Gasteiger partial charge on any atom is -0.369 e. The SMILES string of the molecule is CCC1CCCCN1c1nccc(Nc2ccc(N3CCN(C)CC3)cc2)n1. The van der Waals surface area contributed by atoms with E-state index in [2.05, 4.69) is 63.2 Å². The van der Waals surface area contributed by atoms with Crippen molar-refractivity contribution in [2.24, 2.45) is 0 Å². The van der Waals surface area contributed by atoms with E-state index >= 15 is 0 Å². The van der Waals surface area contributed by atoms with E-state index in [1.54, 1.807) is 0 Å². The van der Waals surface area contributed by atoms with Crippen LogP contribution in [0.3, 0.4) is 0 Å². The van der Waals surface area contributed by atoms with E-state index in [0.717, 1.165) is 56.6 Å². The number of hydrogen-bond donors (Lipinski definition) is 1. The predicted octanol–water partition coefficient (Wildman–Crippen LogP) is 3.74. The summed E-state index contributed by atoms with van der Waals surface area (Å²) in [5, 5.41) is 3.45. The molecule has 2 aliphatic heterocycles. The Kier molecular flexibility index (Phi) is 5.95. The molecule has 150 valence electrons. The molecule has 1 aromatic heterocycles. The molecule has 0 amide bonds. The Morgan fingerprint density at radius 1 is 1.00 bits per heavy atom. The standard InChI is InChI=1S/C22H32N6/c1-3-19-6-4-5-13-28(19)22-23-12-11-21(25-22)24-18-7-9-20(10-8-18)27-16-14-26(2)15-17-27/h7-12,19H,3-6,13-17H2,1-2H3,(H,23,24,25). The van der Waals surface area contributed by atoms with E-state index < -0.39 is 0 Å². The molecule has 28 heavy (non-hydrogen) atoms. The van der Waals surface area contributed by atoms with Gasteiger partial charge in [-0.15, -0.1) is 0 Å². The van der Waals surface area contributed by atoms with Crippen LogP contribution in [0.25, 0.3) is 0 Å². The highest BCUT2D eigenvalue weighted by Gasteiger charge is 2.23. The summed E-state index contributed by atoms with van der Waals surface area (Å²) in [6.45, 7) is 7.74. The molecule has 3 heterocycles. The maximum absolute atomic E-state index is 4.80. The highest BCUT2D eigenvalue weighted by atomic mass is 15.3. The Morgan fingerprint density at radius 2 is 1.79 bits per heavy atom. The average Bonchev–Trinajstić information content (AvgIpc) is 2.75. The summed E-state index contributed by atoms with van der Waals surface area (Å²) in [4.78, 5) is 16.6. The molecular weight excluding hydrogens is 348 g/mol. The normalized spacial score (nSPS) is 21.0. The van der Waals surface area contributed by atoms with Crippen LogP contribution < -0.4 is 15.1 Å². The van der Waals surface area contributed by atoms with E-state index in [9.17, 15) is 0 Å². The van der Waals surface area contributed by atoms with Crippen LogP contribution in [0.15, 0.2) is 36.5 Å². The van der Waals surface area contributed by atoms with Gasteiger partial charge < -0.3 is 20.0 Å². The third-order valence-electron chi connectivity index (χ3n) is 6.01. The van der Waals surface area contributed by atoms with E-state index in [1.165, 1.54) is 24.9 Å². The summed E-state index contributed by atoms with van der Waals surface area (Å²) in [7, 11) is 2.19. The van der Waals surface area contributed by atoms with Crippen LogP contribution in [0.4, 0.5) is 23.1 Å². The molecule has 4 rings (SSSR count). The first kappa shape index (κ1) is 19.0. The molecule has 6 heteroatoms. The van der Waals surface area contributed by atoms with Gasteiger partial charge >= 0.3 is 0 Å². The van der Waals surface area contributed by atoms with Crippen molar-refractivity contribution in [2.45, 2.75) is 38.6 Å². The molecule has 1 atom stereocenters. The van der Waals surface area contributed by atoms with Gasteiger partial charge in [-0.1, -0.05) is 6.92 Å². The van der Waals surface area contributed by atoms with Crippen LogP contribution in [0.2, 0.25) is 0 Å². The van der Waals surface area contributed by atoms with E-state index in [0.29, 0.717) is 6.04 Å². The van der Waals surface area contributed by atoms with Crippen LogP contribution in [-0.2, 0) is 0 Å². The van der Waals surface area contributed by atoms with Crippen LogP contribution in [0.5, 0.6) is 0 Å². The van der Waals surface area contributed by atoms with Gasteiger partial charge in [-0.3, -0.25) is 0 Å². The summed E-state index contributed by atoms with van der Waals surface area (Å²) in [5.74, 6) is 1.71. The zero-order valence-corrected chi connectivity index (χ0v) is 17.1. The molecule has 2 saturated heterocycles. The minimum atomic E-state index is 0.562. The van der Waals surface area contributed by atoms with E-state index in [4.69, 9.17) is 4.98 Å². The first-order valence-corrected chi connectivity index (χ1v) is 10.6. The summed E-state index contributed by atoms with van der Waals surface area (Å²) < 4.78 is 0. The van der Waals surface area contributed by atoms with Gasteiger partial charge in [0, 0.05) is 56.3 Å². The van der Waals surface area contributed by atoms with Gasteiger partial charge in [-0.2, -0.15) is 4.98 Å². The van der Waals surface area contributed by atoms with Crippen LogP contribution in [-0.4, -0.2) is 60.7 Å². The lowest BCUT2D eigenvalue weighted by atomic mass is 10.0. The lowest BCUT2D eigenvalue weighted by Gasteiger charge is -2.35. The second-order valence-corrected chi connectivity index (χ2v) is 7.96. The lowest BCUT2D eigenvalue weighted by Crippen LogP contribution is -2.44. The highest BCUT2D eigenvalue weighted by Crippen LogP contribution is 2.26. The van der Waals surface area contributed by atoms with Crippen LogP contribution in [0, 0.1) is 0 Å². The molecule has 2 aliphatic rings. The largest absolute Gasteiger partial charge is 0.369 e. The monoisotopic (exact) mass is 380 g/mol. The van der Waals surface area contributed by atoms with Gasteiger partial charge in [0.1, 0.15) is 5.82 Å². The van der Waals surface area contributed by atoms with Crippen molar-refractivity contribution in [3.05, 3.63) is 36.5 Å². The van der Waals surface area contributed by atoms with E-state index in [-0.39, 0.29) is 0 Å². The Morgan fingerprint density at radius 3 is 2.54 bits per heavy atom. The second kappa shape index (κ2) is 8.78. The van der Waals surface area contributed by atoms with Crippen molar-refractivity contribution < 1.29 is 0 Å². The molecule has 2 fully saturated rings. The molecule has 1 unspecified atom stereocenters. The number of benzene rings is 1. The molecule has 6 nitrogen and oxygen atoms in total. The van der Waals surface area contributed by atoms with Crippen molar-refractivity contribution in [1.82, 2.24) is 14.9 Å². The second-order valence-electron chi connectivity index (χ2n) is 7.96. The van der Waals surface area contributed by atoms with Crippen molar-refractivity contribution in [2.75, 3.05) is 54.9 Å². The zero-order valence-electron chi connectivity index (χ0n) is 17.1. The molecule has 0 saturated carbocycles. The Labute approximate surface area is 168 Å². The molecule has 0 radical (unpaired) electrons. The van der Waals surface area contributed by atoms with Gasteiger partial charge in [0.2, 0.25) is 5.95 Å². The number of nitrogens with zero attached hydrogens (tertiary/aromatic N) is 5. The number of likely N-dealkylation sites (N-methyl/N-ethyl adjacent to an activating group) is 1. The van der Waals surface area contributed by atoms with Crippen LogP contribution >= 0.6 is 0 Å². The molecule has 2 aromatic rings. The highest BCUT2D eigenvalue weighted by molar-refractivity contribution is 5.61. The summed E-state index contributed by atoms with van der Waals surface area (Å²) in [6.07, 6.45) is 6.79. The molecule has 1 aromatic carbocycles. The van der Waals surface area contributed by atoms with E-state index in [1.807, 2.05) is 12.3 Å². The summed E-state index contributed by atoms with van der Waals surface area (Å²) in [5.41, 5.74) is 2.36. The lowest BCUT2D eigenvalue weighted by molar-refractivity contribution is 0.313. The van der Waals surface area contributed by atoms with Gasteiger partial charge in [0.15, 0.2) is 0 Å². The van der Waals surface area contributed by atoms with Crippen molar-refractivity contribution in [3.63, 3.8) is 0 Å². The molecule has 0 spiro atoms. The predicted molar refractivity (Wildman–Crippen MR) is 117 cm³/mol. The number of rotatable bonds is 5. The summed E-state index contributed by atoms with van der Waals surface area (Å²) >= 11 is 0. The topological polar surface area (TPSA) is 47.5 Å². The molecule has 1 N–H and O–H groups in total. The number of hydrogen-bond acceptors (Lipinski definition) is 6. The fraction of sp³-hybridized carbons (Fsp3) is 0.545. The number of aromatic nitrogens is 2. The van der Waals surface area contributed by atoms with Gasteiger partial charge in [0.25, 0.3) is 0 Å². The Balaban J connectivity index is 1.43. The molecule has 0 aliphatic carbocycles. The number of piperazine rings is 1. The molecule has 0 bridgehead atoms. The van der Waals surface area contributed by atoms with Crippen molar-refractivity contribution in [3.8, 4) is 0 Å². The van der Waals surface area contributed by atoms with Crippen molar-refractivity contribution >= 4 is 23.1 Å². The van der Waals surface area contributed by atoms with Gasteiger partial charge in [0.05, 0.1) is 0 Å². The fourth-order valence-corrected chi connectivity index (χ4v) is 4.21. The number of nitrogens with one attached hydrogen (secondary N) is 1. The Bertz CT molecular complexity index is 754. The van der Waals surface area contributed by atoms with Gasteiger partial charge in [-0.25, -0.2) is 4.98 Å². The third kappa shape index (κ3) is 4.38. The quantitative estimate of drug-likeness (QED) is 0.853. The first-order chi connectivity index (χ1) is 13.7. The third-order valence-corrected chi connectivity index (χ3v) is 6.01. The maximum Gasteiger partial charge on any atom is 0.227 e. The minimum absolute atomic E-state index is 0.562. The number of anilines is 4. The summed E-state index contributed by atoms with van der Waals surface area (Å²) in [6, 6.07) is 11.2. The molecular formula is C22H32N6. The maximum atomic E-state index is 4.80. The fourth-order valence-electron chi connectivity index (χ4n) is 4.21. The number of piperidine rings is 1. The van der Waals surface area contributed by atoms with Crippen molar-refractivity contribution in [1.29, 1.82) is 0 Å². The zero-order chi connectivity index (χ0) is 19.3. The average molecular weight is 381 g/mol. The van der Waals surface area contributed by atoms with Crippen LogP contribution in [0.1, 0.15) is 32.6 Å². The Hall–Kier alpha value is -2.34. The first-order valence-electron chi connectivity index (χ1n) is 10.6. The van der Waals surface area contributed by atoms with Gasteiger partial charge in [-0.05, 0) is 63.1 Å². The smallest absolute Gasteiger partial charge is 0.227 e.